The summed E-state index contributed by atoms with van der Waals surface area (Å²) < 4.78 is 0. The van der Waals surface area contributed by atoms with Crippen molar-refractivity contribution < 1.29 is 4.79 Å². The highest BCUT2D eigenvalue weighted by Gasteiger charge is 2.29. The number of carbonyl (C=O) groups is 1. The molecule has 1 amide bonds. The first kappa shape index (κ1) is 11.3. The lowest BCUT2D eigenvalue weighted by Crippen LogP contribution is -2.25. The van der Waals surface area contributed by atoms with E-state index in [1.807, 2.05) is 0 Å². The molecule has 1 N–H and O–H groups in total. The van der Waals surface area contributed by atoms with Crippen LogP contribution in [0.2, 0.25) is 5.15 Å². The second kappa shape index (κ2) is 4.78. The molecule has 0 bridgehead atoms. The van der Waals surface area contributed by atoms with Gasteiger partial charge in [0.1, 0.15) is 0 Å². The highest BCUT2D eigenvalue weighted by molar-refractivity contribution is 6.29. The van der Waals surface area contributed by atoms with Crippen molar-refractivity contribution in [3.05, 3.63) is 17.3 Å². The van der Waals surface area contributed by atoms with Crippen LogP contribution in [0, 0.1) is 11.8 Å². The molecular formula is C11H14ClN3O. The van der Waals surface area contributed by atoms with Crippen LogP contribution >= 0.6 is 11.6 Å². The summed E-state index contributed by atoms with van der Waals surface area (Å²) in [6, 6.07) is 3.27. The second-order valence-electron chi connectivity index (χ2n) is 4.25. The summed E-state index contributed by atoms with van der Waals surface area (Å²) in [6.45, 7) is 2.12. The number of halogens is 1. The lowest BCUT2D eigenvalue weighted by atomic mass is 9.97. The molecule has 4 nitrogen and oxygen atoms in total. The molecule has 1 heterocycles. The summed E-state index contributed by atoms with van der Waals surface area (Å²) in [7, 11) is 0. The summed E-state index contributed by atoms with van der Waals surface area (Å²) in [5.74, 6) is 1.08. The van der Waals surface area contributed by atoms with Crippen LogP contribution < -0.4 is 5.32 Å². The summed E-state index contributed by atoms with van der Waals surface area (Å²) in [5.41, 5.74) is 0. The minimum Gasteiger partial charge on any atom is -0.309 e. The van der Waals surface area contributed by atoms with Gasteiger partial charge in [-0.3, -0.25) is 4.79 Å². The summed E-state index contributed by atoms with van der Waals surface area (Å²) >= 11 is 5.61. The van der Waals surface area contributed by atoms with E-state index in [2.05, 4.69) is 22.4 Å². The SMILES string of the molecule is CC1CCCC1C(=O)Nc1ccc(Cl)nn1. The van der Waals surface area contributed by atoms with Crippen molar-refractivity contribution in [2.45, 2.75) is 26.2 Å². The van der Waals surface area contributed by atoms with Crippen molar-refractivity contribution in [1.82, 2.24) is 10.2 Å². The fraction of sp³-hybridized carbons (Fsp3) is 0.545. The van der Waals surface area contributed by atoms with Crippen molar-refractivity contribution in [3.8, 4) is 0 Å². The molecule has 0 spiro atoms. The number of nitrogens with one attached hydrogen (secondary N) is 1. The maximum absolute atomic E-state index is 11.9. The smallest absolute Gasteiger partial charge is 0.228 e. The fourth-order valence-electron chi connectivity index (χ4n) is 2.14. The minimum absolute atomic E-state index is 0.0432. The van der Waals surface area contributed by atoms with E-state index in [0.29, 0.717) is 16.9 Å². The van der Waals surface area contributed by atoms with Crippen LogP contribution in [0.4, 0.5) is 5.82 Å². The molecule has 5 heteroatoms. The van der Waals surface area contributed by atoms with Crippen LogP contribution in [0.5, 0.6) is 0 Å². The van der Waals surface area contributed by atoms with Crippen LogP contribution in [0.1, 0.15) is 26.2 Å². The van der Waals surface area contributed by atoms with Gasteiger partial charge in [-0.05, 0) is 30.9 Å². The Morgan fingerprint density at radius 2 is 2.25 bits per heavy atom. The summed E-state index contributed by atoms with van der Waals surface area (Å²) in [6.07, 6.45) is 3.23. The molecule has 2 unspecified atom stereocenters. The van der Waals surface area contributed by atoms with Crippen molar-refractivity contribution in [2.75, 3.05) is 5.32 Å². The first-order chi connectivity index (χ1) is 7.66. The molecule has 0 radical (unpaired) electrons. The Labute approximate surface area is 99.4 Å². The molecule has 0 aromatic carbocycles. The topological polar surface area (TPSA) is 54.9 Å². The molecule has 86 valence electrons. The number of hydrogen-bond acceptors (Lipinski definition) is 3. The predicted octanol–water partition coefficient (Wildman–Crippen LogP) is 2.50. The maximum atomic E-state index is 11.9. The monoisotopic (exact) mass is 239 g/mol. The number of aromatic nitrogens is 2. The fourth-order valence-corrected chi connectivity index (χ4v) is 2.24. The third-order valence-electron chi connectivity index (χ3n) is 3.08. The molecule has 0 aliphatic heterocycles. The third kappa shape index (κ3) is 2.50. The number of nitrogens with zero attached hydrogens (tertiary/aromatic N) is 2. The number of carbonyl (C=O) groups excluding carboxylic acids is 1. The minimum atomic E-state index is 0.0432. The molecular weight excluding hydrogens is 226 g/mol. The van der Waals surface area contributed by atoms with E-state index >= 15 is 0 Å². The van der Waals surface area contributed by atoms with Crippen molar-refractivity contribution in [2.24, 2.45) is 11.8 Å². The number of rotatable bonds is 2. The van der Waals surface area contributed by atoms with Crippen LogP contribution in [0.15, 0.2) is 12.1 Å². The molecule has 1 saturated carbocycles. The molecule has 2 atom stereocenters. The lowest BCUT2D eigenvalue weighted by Gasteiger charge is -2.14. The molecule has 16 heavy (non-hydrogen) atoms. The van der Waals surface area contributed by atoms with E-state index in [4.69, 9.17) is 11.6 Å². The average Bonchev–Trinajstić information content (AvgIpc) is 2.68. The van der Waals surface area contributed by atoms with Gasteiger partial charge in [-0.2, -0.15) is 0 Å². The molecule has 1 aliphatic rings. The van der Waals surface area contributed by atoms with Gasteiger partial charge in [-0.1, -0.05) is 24.9 Å². The molecule has 0 saturated heterocycles. The number of anilines is 1. The predicted molar refractivity (Wildman–Crippen MR) is 62.2 cm³/mol. The normalized spacial score (nSPS) is 24.4. The number of amides is 1. The van der Waals surface area contributed by atoms with Gasteiger partial charge < -0.3 is 5.32 Å². The van der Waals surface area contributed by atoms with E-state index in [-0.39, 0.29) is 11.8 Å². The van der Waals surface area contributed by atoms with Crippen LogP contribution in [-0.4, -0.2) is 16.1 Å². The molecule has 2 rings (SSSR count). The standard InChI is InChI=1S/C11H14ClN3O/c1-7-3-2-4-8(7)11(16)13-10-6-5-9(12)14-15-10/h5-8H,2-4H2,1H3,(H,13,15,16). The Morgan fingerprint density at radius 1 is 1.44 bits per heavy atom. The Balaban J connectivity index is 1.99. The Kier molecular flexibility index (Phi) is 3.39. The van der Waals surface area contributed by atoms with Gasteiger partial charge in [0.15, 0.2) is 11.0 Å². The van der Waals surface area contributed by atoms with Gasteiger partial charge in [-0.15, -0.1) is 10.2 Å². The average molecular weight is 240 g/mol. The van der Waals surface area contributed by atoms with Crippen molar-refractivity contribution in [1.29, 1.82) is 0 Å². The van der Waals surface area contributed by atoms with Gasteiger partial charge in [0.2, 0.25) is 5.91 Å². The van der Waals surface area contributed by atoms with Crippen LogP contribution in [0.25, 0.3) is 0 Å². The van der Waals surface area contributed by atoms with Gasteiger partial charge >= 0.3 is 0 Å². The Bertz CT molecular complexity index is 379. The van der Waals surface area contributed by atoms with Crippen LogP contribution in [-0.2, 0) is 4.79 Å². The van der Waals surface area contributed by atoms with E-state index in [1.54, 1.807) is 12.1 Å². The molecule has 1 fully saturated rings. The van der Waals surface area contributed by atoms with E-state index in [0.717, 1.165) is 19.3 Å². The van der Waals surface area contributed by atoms with E-state index in [9.17, 15) is 4.79 Å². The molecule has 1 aromatic rings. The van der Waals surface area contributed by atoms with Gasteiger partial charge in [0.05, 0.1) is 0 Å². The highest BCUT2D eigenvalue weighted by Crippen LogP contribution is 2.31. The highest BCUT2D eigenvalue weighted by atomic mass is 35.5. The van der Waals surface area contributed by atoms with E-state index < -0.39 is 0 Å². The largest absolute Gasteiger partial charge is 0.309 e. The zero-order valence-electron chi connectivity index (χ0n) is 9.11. The van der Waals surface area contributed by atoms with Crippen molar-refractivity contribution >= 4 is 23.3 Å². The zero-order chi connectivity index (χ0) is 11.5. The molecule has 1 aromatic heterocycles. The van der Waals surface area contributed by atoms with Gasteiger partial charge in [0.25, 0.3) is 0 Å². The third-order valence-corrected chi connectivity index (χ3v) is 3.28. The summed E-state index contributed by atoms with van der Waals surface area (Å²) in [4.78, 5) is 11.9. The second-order valence-corrected chi connectivity index (χ2v) is 4.63. The first-order valence-corrected chi connectivity index (χ1v) is 5.84. The quantitative estimate of drug-likeness (QED) is 0.863. The molecule has 1 aliphatic carbocycles. The van der Waals surface area contributed by atoms with E-state index in [1.165, 1.54) is 0 Å². The van der Waals surface area contributed by atoms with Gasteiger partial charge in [0, 0.05) is 5.92 Å². The first-order valence-electron chi connectivity index (χ1n) is 5.47. The maximum Gasteiger partial charge on any atom is 0.228 e. The zero-order valence-corrected chi connectivity index (χ0v) is 9.87. The Hall–Kier alpha value is -1.16. The lowest BCUT2D eigenvalue weighted by molar-refractivity contribution is -0.120. The van der Waals surface area contributed by atoms with Crippen molar-refractivity contribution in [3.63, 3.8) is 0 Å². The summed E-state index contributed by atoms with van der Waals surface area (Å²) in [5, 5.41) is 10.6. The number of hydrogen-bond donors (Lipinski definition) is 1. The van der Waals surface area contributed by atoms with Gasteiger partial charge in [-0.25, -0.2) is 0 Å². The van der Waals surface area contributed by atoms with Crippen LogP contribution in [0.3, 0.4) is 0 Å². The Morgan fingerprint density at radius 3 is 2.81 bits per heavy atom.